The predicted molar refractivity (Wildman–Crippen MR) is 72.7 cm³/mol. The molecule has 0 saturated heterocycles. The van der Waals surface area contributed by atoms with Crippen LogP contribution in [0.2, 0.25) is 0 Å². The van der Waals surface area contributed by atoms with Crippen molar-refractivity contribution in [2.45, 2.75) is 39.3 Å². The highest BCUT2D eigenvalue weighted by Crippen LogP contribution is 2.15. The Kier molecular flexibility index (Phi) is 4.21. The molecule has 0 saturated carbocycles. The predicted octanol–water partition coefficient (Wildman–Crippen LogP) is 1.46. The van der Waals surface area contributed by atoms with Crippen molar-refractivity contribution in [2.75, 3.05) is 7.05 Å². The molecule has 0 spiro atoms. The van der Waals surface area contributed by atoms with Crippen LogP contribution in [0.15, 0.2) is 18.7 Å². The number of likely N-dealkylation sites (N-methyl/N-ethyl adjacent to an activating group) is 1. The number of nitrogens with one attached hydrogen (secondary N) is 1. The van der Waals surface area contributed by atoms with E-state index in [1.807, 2.05) is 31.0 Å². The summed E-state index contributed by atoms with van der Waals surface area (Å²) in [6, 6.07) is 0.344. The highest BCUT2D eigenvalue weighted by Gasteiger charge is 2.17. The summed E-state index contributed by atoms with van der Waals surface area (Å²) in [6.07, 6.45) is 5.98. The second kappa shape index (κ2) is 5.88. The normalized spacial score (nSPS) is 12.9. The quantitative estimate of drug-likeness (QED) is 0.881. The Morgan fingerprint density at radius 3 is 2.47 bits per heavy atom. The van der Waals surface area contributed by atoms with Crippen molar-refractivity contribution in [1.82, 2.24) is 30.0 Å². The van der Waals surface area contributed by atoms with E-state index in [4.69, 9.17) is 0 Å². The summed E-state index contributed by atoms with van der Waals surface area (Å²) in [5.41, 5.74) is 1.06. The van der Waals surface area contributed by atoms with E-state index in [2.05, 4.69) is 39.2 Å². The third kappa shape index (κ3) is 3.14. The van der Waals surface area contributed by atoms with Gasteiger partial charge < -0.3 is 5.32 Å². The molecular weight excluding hydrogens is 240 g/mol. The van der Waals surface area contributed by atoms with Crippen LogP contribution < -0.4 is 5.32 Å². The maximum absolute atomic E-state index is 4.37. The molecule has 0 bridgehead atoms. The van der Waals surface area contributed by atoms with Crippen LogP contribution >= 0.6 is 0 Å². The molecule has 2 aromatic heterocycles. The first-order valence-corrected chi connectivity index (χ1v) is 6.46. The molecule has 6 heteroatoms. The van der Waals surface area contributed by atoms with E-state index in [0.29, 0.717) is 6.04 Å². The summed E-state index contributed by atoms with van der Waals surface area (Å²) in [7, 11) is 1.91. The van der Waals surface area contributed by atoms with E-state index >= 15 is 0 Å². The molecular formula is C13H20N6. The number of aryl methyl sites for hydroxylation is 1. The highest BCUT2D eigenvalue weighted by molar-refractivity contribution is 5.06. The molecule has 1 atom stereocenters. The van der Waals surface area contributed by atoms with Crippen LogP contribution in [0.5, 0.6) is 0 Å². The Hall–Kier alpha value is -1.82. The van der Waals surface area contributed by atoms with Gasteiger partial charge in [-0.3, -0.25) is 0 Å². The van der Waals surface area contributed by atoms with Crippen molar-refractivity contribution in [1.29, 1.82) is 0 Å². The van der Waals surface area contributed by atoms with E-state index < -0.39 is 0 Å². The van der Waals surface area contributed by atoms with Gasteiger partial charge in [0.25, 0.3) is 0 Å². The second-order valence-electron chi connectivity index (χ2n) is 4.88. The number of aromatic nitrogens is 5. The SMILES string of the molecule is CNC(Cc1ncnn1C(C)C)c1ncc(C)cn1. The van der Waals surface area contributed by atoms with E-state index in [1.165, 1.54) is 0 Å². The van der Waals surface area contributed by atoms with Gasteiger partial charge in [-0.15, -0.1) is 0 Å². The molecule has 0 aliphatic heterocycles. The summed E-state index contributed by atoms with van der Waals surface area (Å²) >= 11 is 0. The van der Waals surface area contributed by atoms with Gasteiger partial charge in [-0.05, 0) is 33.4 Å². The lowest BCUT2D eigenvalue weighted by atomic mass is 10.1. The molecule has 0 radical (unpaired) electrons. The molecule has 6 nitrogen and oxygen atoms in total. The summed E-state index contributed by atoms with van der Waals surface area (Å²) in [5.74, 6) is 1.73. The fraction of sp³-hybridized carbons (Fsp3) is 0.538. The van der Waals surface area contributed by atoms with E-state index in [-0.39, 0.29) is 6.04 Å². The number of hydrogen-bond acceptors (Lipinski definition) is 5. The zero-order chi connectivity index (χ0) is 13.8. The summed E-state index contributed by atoms with van der Waals surface area (Å²) < 4.78 is 1.93. The smallest absolute Gasteiger partial charge is 0.145 e. The standard InChI is InChI=1S/C13H20N6/c1-9(2)19-12(17-8-18-19)5-11(14-4)13-15-6-10(3)7-16-13/h6-9,11,14H,5H2,1-4H3. The lowest BCUT2D eigenvalue weighted by molar-refractivity contribution is 0.469. The topological polar surface area (TPSA) is 68.5 Å². The minimum atomic E-state index is 0.0438. The number of rotatable bonds is 5. The van der Waals surface area contributed by atoms with Gasteiger partial charge in [0.1, 0.15) is 18.0 Å². The van der Waals surface area contributed by atoms with Crippen LogP contribution in [0.1, 0.15) is 43.1 Å². The average molecular weight is 260 g/mol. The Labute approximate surface area is 113 Å². The van der Waals surface area contributed by atoms with E-state index in [1.54, 1.807) is 6.33 Å². The van der Waals surface area contributed by atoms with Crippen molar-refractivity contribution in [3.05, 3.63) is 35.9 Å². The monoisotopic (exact) mass is 260 g/mol. The molecule has 19 heavy (non-hydrogen) atoms. The summed E-state index contributed by atoms with van der Waals surface area (Å²) in [4.78, 5) is 13.1. The average Bonchev–Trinajstić information content (AvgIpc) is 2.85. The van der Waals surface area contributed by atoms with Gasteiger partial charge in [0, 0.05) is 24.9 Å². The maximum atomic E-state index is 4.37. The molecule has 102 valence electrons. The van der Waals surface area contributed by atoms with Crippen molar-refractivity contribution in [2.24, 2.45) is 0 Å². The van der Waals surface area contributed by atoms with Crippen LogP contribution in [0.25, 0.3) is 0 Å². The molecule has 0 amide bonds. The fourth-order valence-electron chi connectivity index (χ4n) is 1.94. The molecule has 0 aliphatic rings. The molecule has 2 rings (SSSR count). The van der Waals surface area contributed by atoms with Crippen LogP contribution in [0.3, 0.4) is 0 Å². The number of hydrogen-bond donors (Lipinski definition) is 1. The zero-order valence-corrected chi connectivity index (χ0v) is 11.8. The van der Waals surface area contributed by atoms with E-state index in [9.17, 15) is 0 Å². The van der Waals surface area contributed by atoms with Crippen molar-refractivity contribution in [3.8, 4) is 0 Å². The molecule has 1 N–H and O–H groups in total. The Morgan fingerprint density at radius 1 is 1.21 bits per heavy atom. The Balaban J connectivity index is 2.19. The lowest BCUT2D eigenvalue weighted by Gasteiger charge is -2.16. The van der Waals surface area contributed by atoms with E-state index in [0.717, 1.165) is 23.6 Å². The second-order valence-corrected chi connectivity index (χ2v) is 4.88. The van der Waals surface area contributed by atoms with Crippen LogP contribution in [0, 0.1) is 6.92 Å². The Morgan fingerprint density at radius 2 is 1.89 bits per heavy atom. The van der Waals surface area contributed by atoms with Crippen molar-refractivity contribution in [3.63, 3.8) is 0 Å². The first-order valence-electron chi connectivity index (χ1n) is 6.46. The van der Waals surface area contributed by atoms with Gasteiger partial charge in [0.15, 0.2) is 0 Å². The zero-order valence-electron chi connectivity index (χ0n) is 11.8. The van der Waals surface area contributed by atoms with Crippen LogP contribution in [-0.2, 0) is 6.42 Å². The summed E-state index contributed by atoms with van der Waals surface area (Å²) in [5, 5.41) is 7.48. The molecule has 0 aliphatic carbocycles. The van der Waals surface area contributed by atoms with Crippen molar-refractivity contribution >= 4 is 0 Å². The van der Waals surface area contributed by atoms with Crippen LogP contribution in [-0.4, -0.2) is 31.8 Å². The van der Waals surface area contributed by atoms with Gasteiger partial charge in [0.05, 0.1) is 6.04 Å². The minimum absolute atomic E-state index is 0.0438. The third-order valence-corrected chi connectivity index (χ3v) is 2.98. The minimum Gasteiger partial charge on any atom is -0.310 e. The van der Waals surface area contributed by atoms with Crippen molar-refractivity contribution < 1.29 is 0 Å². The van der Waals surface area contributed by atoms with Gasteiger partial charge in [-0.25, -0.2) is 19.6 Å². The van der Waals surface area contributed by atoms with Gasteiger partial charge in [-0.1, -0.05) is 0 Å². The molecule has 2 heterocycles. The van der Waals surface area contributed by atoms with Gasteiger partial charge in [-0.2, -0.15) is 5.10 Å². The molecule has 1 unspecified atom stereocenters. The van der Waals surface area contributed by atoms with Gasteiger partial charge in [0.2, 0.25) is 0 Å². The third-order valence-electron chi connectivity index (χ3n) is 2.98. The first-order chi connectivity index (χ1) is 9.11. The summed E-state index contributed by atoms with van der Waals surface area (Å²) in [6.45, 7) is 6.16. The molecule has 0 fully saturated rings. The largest absolute Gasteiger partial charge is 0.310 e. The molecule has 0 aromatic carbocycles. The maximum Gasteiger partial charge on any atom is 0.145 e. The van der Waals surface area contributed by atoms with Crippen LogP contribution in [0.4, 0.5) is 0 Å². The lowest BCUT2D eigenvalue weighted by Crippen LogP contribution is -2.23. The Bertz CT molecular complexity index is 516. The highest BCUT2D eigenvalue weighted by atomic mass is 15.3. The number of nitrogens with zero attached hydrogens (tertiary/aromatic N) is 5. The molecule has 2 aromatic rings. The first kappa shape index (κ1) is 13.6. The fourth-order valence-corrected chi connectivity index (χ4v) is 1.94. The van der Waals surface area contributed by atoms with Gasteiger partial charge >= 0.3 is 0 Å².